The molecule has 7 nitrogen and oxygen atoms in total. The van der Waals surface area contributed by atoms with Gasteiger partial charge in [-0.2, -0.15) is 5.10 Å². The van der Waals surface area contributed by atoms with Crippen LogP contribution in [0.15, 0.2) is 42.5 Å². The number of benzene rings is 2. The minimum Gasteiger partial charge on any atom is -0.345 e. The summed E-state index contributed by atoms with van der Waals surface area (Å²) < 4.78 is 1.96. The smallest absolute Gasteiger partial charge is 0.243 e. The number of amides is 2. The molecule has 150 valence electrons. The van der Waals surface area contributed by atoms with Crippen molar-refractivity contribution in [3.8, 4) is 11.4 Å². The van der Waals surface area contributed by atoms with E-state index < -0.39 is 0 Å². The summed E-state index contributed by atoms with van der Waals surface area (Å²) in [5.41, 5.74) is 4.76. The van der Waals surface area contributed by atoms with Crippen LogP contribution < -0.4 is 10.6 Å². The van der Waals surface area contributed by atoms with Crippen molar-refractivity contribution in [2.75, 3.05) is 11.9 Å². The van der Waals surface area contributed by atoms with Crippen LogP contribution in [0, 0.1) is 25.5 Å². The molecular weight excluding hydrogens is 386 g/mol. The largest absolute Gasteiger partial charge is 0.345 e. The molecule has 1 heterocycles. The molecule has 0 bridgehead atoms. The lowest BCUT2D eigenvalue weighted by Crippen LogP contribution is -2.35. The van der Waals surface area contributed by atoms with E-state index in [0.29, 0.717) is 10.6 Å². The molecule has 3 N–H and O–H groups in total. The number of carbonyl (C=O) groups is 2. The molecule has 2 aromatic carbocycles. The van der Waals surface area contributed by atoms with E-state index in [1.807, 2.05) is 63.2 Å². The van der Waals surface area contributed by atoms with E-state index in [-0.39, 0.29) is 24.9 Å². The molecule has 8 heteroatoms. The van der Waals surface area contributed by atoms with Crippen LogP contribution >= 0.6 is 12.2 Å². The van der Waals surface area contributed by atoms with Crippen molar-refractivity contribution in [1.82, 2.24) is 20.1 Å². The Morgan fingerprint density at radius 2 is 1.86 bits per heavy atom. The average molecular weight is 410 g/mol. The van der Waals surface area contributed by atoms with E-state index in [9.17, 15) is 9.59 Å². The zero-order chi connectivity index (χ0) is 21.0. The Kier molecular flexibility index (Phi) is 6.23. The average Bonchev–Trinajstić information content (AvgIpc) is 3.04. The van der Waals surface area contributed by atoms with Gasteiger partial charge in [0.15, 0.2) is 10.6 Å². The Bertz CT molecular complexity index is 1120. The molecule has 3 rings (SSSR count). The number of hydrogen-bond acceptors (Lipinski definition) is 4. The van der Waals surface area contributed by atoms with Gasteiger partial charge in [-0.1, -0.05) is 35.9 Å². The maximum absolute atomic E-state index is 12.4. The second-order valence-electron chi connectivity index (χ2n) is 6.88. The normalized spacial score (nSPS) is 10.6. The first-order chi connectivity index (χ1) is 13.8. The zero-order valence-corrected chi connectivity index (χ0v) is 17.4. The number of hydrogen-bond donors (Lipinski definition) is 3. The van der Waals surface area contributed by atoms with Crippen molar-refractivity contribution in [1.29, 1.82) is 0 Å². The second kappa shape index (κ2) is 8.83. The molecule has 0 unspecified atom stereocenters. The lowest BCUT2D eigenvalue weighted by molar-refractivity contribution is -0.124. The highest BCUT2D eigenvalue weighted by molar-refractivity contribution is 7.71. The number of aromatic nitrogens is 3. The van der Waals surface area contributed by atoms with E-state index in [1.165, 1.54) is 0 Å². The van der Waals surface area contributed by atoms with Gasteiger partial charge in [0.05, 0.1) is 6.54 Å². The Labute approximate surface area is 174 Å². The first kappa shape index (κ1) is 20.5. The van der Waals surface area contributed by atoms with Crippen molar-refractivity contribution in [3.63, 3.8) is 0 Å². The van der Waals surface area contributed by atoms with Crippen LogP contribution in [0.5, 0.6) is 0 Å². The van der Waals surface area contributed by atoms with Crippen molar-refractivity contribution in [2.24, 2.45) is 0 Å². The van der Waals surface area contributed by atoms with Gasteiger partial charge >= 0.3 is 0 Å². The van der Waals surface area contributed by atoms with Crippen LogP contribution in [0.3, 0.4) is 0 Å². The van der Waals surface area contributed by atoms with E-state index in [1.54, 1.807) is 4.57 Å². The summed E-state index contributed by atoms with van der Waals surface area (Å²) in [6.45, 7) is 5.74. The van der Waals surface area contributed by atoms with Gasteiger partial charge in [0, 0.05) is 11.3 Å². The fourth-order valence-corrected chi connectivity index (χ4v) is 3.12. The molecule has 29 heavy (non-hydrogen) atoms. The van der Waals surface area contributed by atoms with Gasteiger partial charge in [-0.25, -0.2) is 0 Å². The Balaban J connectivity index is 1.63. The van der Waals surface area contributed by atoms with Gasteiger partial charge in [0.2, 0.25) is 11.8 Å². The van der Waals surface area contributed by atoms with Crippen LogP contribution in [0.25, 0.3) is 11.4 Å². The number of nitrogens with zero attached hydrogens (tertiary/aromatic N) is 2. The number of H-pyrrole nitrogens is 1. The summed E-state index contributed by atoms with van der Waals surface area (Å²) >= 11 is 5.26. The van der Waals surface area contributed by atoms with E-state index in [4.69, 9.17) is 12.2 Å². The third-order valence-corrected chi connectivity index (χ3v) is 4.97. The monoisotopic (exact) mass is 409 g/mol. The molecule has 2 amide bonds. The summed E-state index contributed by atoms with van der Waals surface area (Å²) in [6, 6.07) is 13.5. The van der Waals surface area contributed by atoms with Crippen molar-refractivity contribution in [3.05, 3.63) is 63.9 Å². The van der Waals surface area contributed by atoms with Crippen molar-refractivity contribution < 1.29 is 9.59 Å². The number of aryl methyl sites for hydroxylation is 2. The molecule has 0 fully saturated rings. The molecule has 0 saturated carbocycles. The molecular formula is C21H23N5O2S. The fraction of sp³-hybridized carbons (Fsp3) is 0.238. The van der Waals surface area contributed by atoms with E-state index in [2.05, 4.69) is 20.8 Å². The summed E-state index contributed by atoms with van der Waals surface area (Å²) in [5.74, 6) is -0.0389. The van der Waals surface area contributed by atoms with Crippen LogP contribution in [-0.2, 0) is 16.1 Å². The van der Waals surface area contributed by atoms with Gasteiger partial charge in [0.1, 0.15) is 6.54 Å². The SMILES string of the molecule is Cc1cccc(-c2n[nH]c(=S)n2CC(=O)NCC(=O)Nc2cccc(C)c2C)c1. The molecule has 0 spiro atoms. The quantitative estimate of drug-likeness (QED) is 0.545. The highest BCUT2D eigenvalue weighted by Crippen LogP contribution is 2.19. The number of rotatable bonds is 6. The summed E-state index contributed by atoms with van der Waals surface area (Å²) in [4.78, 5) is 24.6. The Morgan fingerprint density at radius 1 is 1.10 bits per heavy atom. The lowest BCUT2D eigenvalue weighted by Gasteiger charge is -2.11. The molecule has 1 aromatic heterocycles. The molecule has 0 atom stereocenters. The molecule has 0 aliphatic rings. The maximum Gasteiger partial charge on any atom is 0.243 e. The highest BCUT2D eigenvalue weighted by atomic mass is 32.1. The summed E-state index contributed by atoms with van der Waals surface area (Å²) in [7, 11) is 0. The van der Waals surface area contributed by atoms with Crippen molar-refractivity contribution in [2.45, 2.75) is 27.3 Å². The first-order valence-electron chi connectivity index (χ1n) is 9.20. The highest BCUT2D eigenvalue weighted by Gasteiger charge is 2.14. The molecule has 0 aliphatic carbocycles. The van der Waals surface area contributed by atoms with Gasteiger partial charge in [-0.3, -0.25) is 19.3 Å². The number of anilines is 1. The van der Waals surface area contributed by atoms with Crippen LogP contribution in [-0.4, -0.2) is 33.1 Å². The number of carbonyl (C=O) groups excluding carboxylic acids is 2. The maximum atomic E-state index is 12.4. The fourth-order valence-electron chi connectivity index (χ4n) is 2.93. The van der Waals surface area contributed by atoms with Crippen LogP contribution in [0.2, 0.25) is 0 Å². The van der Waals surface area contributed by atoms with E-state index >= 15 is 0 Å². The van der Waals surface area contributed by atoms with Crippen LogP contribution in [0.4, 0.5) is 5.69 Å². The minimum absolute atomic E-state index is 0.0324. The van der Waals surface area contributed by atoms with Gasteiger partial charge in [0.25, 0.3) is 0 Å². The topological polar surface area (TPSA) is 91.8 Å². The van der Waals surface area contributed by atoms with Gasteiger partial charge < -0.3 is 10.6 Å². The lowest BCUT2D eigenvalue weighted by atomic mass is 10.1. The molecule has 3 aromatic rings. The summed E-state index contributed by atoms with van der Waals surface area (Å²) in [5, 5.41) is 12.4. The van der Waals surface area contributed by atoms with E-state index in [0.717, 1.165) is 27.9 Å². The molecule has 0 radical (unpaired) electrons. The minimum atomic E-state index is -0.326. The third-order valence-electron chi connectivity index (χ3n) is 4.66. The Morgan fingerprint density at radius 3 is 2.62 bits per heavy atom. The first-order valence-corrected chi connectivity index (χ1v) is 9.61. The zero-order valence-electron chi connectivity index (χ0n) is 16.6. The molecule has 0 aliphatic heterocycles. The predicted octanol–water partition coefficient (Wildman–Crippen LogP) is 3.29. The predicted molar refractivity (Wildman–Crippen MR) is 115 cm³/mol. The van der Waals surface area contributed by atoms with Gasteiger partial charge in [-0.05, 0) is 56.2 Å². The van der Waals surface area contributed by atoms with Crippen molar-refractivity contribution >= 4 is 29.7 Å². The third kappa shape index (κ3) is 4.97. The van der Waals surface area contributed by atoms with Crippen LogP contribution in [0.1, 0.15) is 16.7 Å². The Hall–Kier alpha value is -3.26. The second-order valence-corrected chi connectivity index (χ2v) is 7.27. The molecule has 0 saturated heterocycles. The summed E-state index contributed by atoms with van der Waals surface area (Å²) in [6.07, 6.45) is 0. The van der Waals surface area contributed by atoms with Gasteiger partial charge in [-0.15, -0.1) is 0 Å². The number of nitrogens with one attached hydrogen (secondary N) is 3. The standard InChI is InChI=1S/C21H23N5O2S/c1-13-6-4-8-16(10-13)20-24-25-21(29)26(20)12-19(28)22-11-18(27)23-17-9-5-7-14(2)15(17)3/h4-10H,11-12H2,1-3H3,(H,22,28)(H,23,27)(H,25,29). The number of aromatic amines is 1.